The molecule has 1 aliphatic heterocycles. The zero-order valence-electron chi connectivity index (χ0n) is 9.28. The van der Waals surface area contributed by atoms with Gasteiger partial charge in [-0.3, -0.25) is 0 Å². The third-order valence-corrected chi connectivity index (χ3v) is 2.85. The molecule has 1 aromatic rings. The van der Waals surface area contributed by atoms with Gasteiger partial charge < -0.3 is 10.1 Å². The molecule has 1 saturated heterocycles. The molecule has 0 saturated carbocycles. The molecule has 0 aromatic heterocycles. The normalized spacial score (nSPS) is 19.6. The van der Waals surface area contributed by atoms with Crippen LogP contribution in [0, 0.1) is 11.3 Å². The van der Waals surface area contributed by atoms with Crippen molar-refractivity contribution in [2.75, 3.05) is 13.2 Å². The van der Waals surface area contributed by atoms with Crippen molar-refractivity contribution in [2.24, 2.45) is 0 Å². The molecule has 3 nitrogen and oxygen atoms in total. The lowest BCUT2D eigenvalue weighted by atomic mass is 10.1. The average Bonchev–Trinajstić information content (AvgIpc) is 2.83. The molecule has 16 heavy (non-hydrogen) atoms. The Kier molecular flexibility index (Phi) is 3.92. The van der Waals surface area contributed by atoms with E-state index in [1.165, 1.54) is 6.42 Å². The molecule has 0 bridgehead atoms. The molecule has 0 aliphatic carbocycles. The number of nitrogens with one attached hydrogen (secondary N) is 1. The van der Waals surface area contributed by atoms with Crippen molar-refractivity contribution in [1.29, 1.82) is 5.26 Å². The quantitative estimate of drug-likeness (QED) is 0.835. The van der Waals surface area contributed by atoms with E-state index in [4.69, 9.17) is 10.00 Å². The molecule has 0 spiro atoms. The van der Waals surface area contributed by atoms with E-state index in [0.717, 1.165) is 37.2 Å². The van der Waals surface area contributed by atoms with Gasteiger partial charge in [0.2, 0.25) is 0 Å². The lowest BCUT2D eigenvalue weighted by molar-refractivity contribution is 0.110. The first kappa shape index (κ1) is 11.1. The van der Waals surface area contributed by atoms with Crippen LogP contribution in [0.5, 0.6) is 0 Å². The maximum atomic E-state index is 8.93. The monoisotopic (exact) mass is 216 g/mol. The zero-order valence-corrected chi connectivity index (χ0v) is 9.28. The Bertz CT molecular complexity index is 378. The summed E-state index contributed by atoms with van der Waals surface area (Å²) in [6.07, 6.45) is 2.67. The molecule has 0 amide bonds. The summed E-state index contributed by atoms with van der Waals surface area (Å²) in [5.74, 6) is 0. The highest BCUT2D eigenvalue weighted by molar-refractivity contribution is 5.37. The van der Waals surface area contributed by atoms with Crippen LogP contribution in [0.2, 0.25) is 0 Å². The number of nitriles is 1. The molecule has 0 radical (unpaired) electrons. The largest absolute Gasteiger partial charge is 0.377 e. The van der Waals surface area contributed by atoms with Gasteiger partial charge in [0, 0.05) is 19.7 Å². The van der Waals surface area contributed by atoms with Gasteiger partial charge in [-0.25, -0.2) is 0 Å². The van der Waals surface area contributed by atoms with Crippen molar-refractivity contribution in [3.8, 4) is 6.07 Å². The highest BCUT2D eigenvalue weighted by atomic mass is 16.5. The minimum absolute atomic E-state index is 0.356. The highest BCUT2D eigenvalue weighted by Gasteiger charge is 2.14. The number of rotatable bonds is 4. The Labute approximate surface area is 96.0 Å². The molecular formula is C13H16N2O. The number of hydrogen-bond donors (Lipinski definition) is 1. The summed E-state index contributed by atoms with van der Waals surface area (Å²) in [6.45, 7) is 2.50. The maximum absolute atomic E-state index is 8.93. The second-order valence-electron chi connectivity index (χ2n) is 4.03. The first-order chi connectivity index (χ1) is 7.90. The third kappa shape index (κ3) is 2.82. The Balaban J connectivity index is 1.82. The van der Waals surface area contributed by atoms with Crippen molar-refractivity contribution in [3.05, 3.63) is 35.4 Å². The molecule has 1 aliphatic rings. The van der Waals surface area contributed by atoms with Gasteiger partial charge in [0.25, 0.3) is 0 Å². The Morgan fingerprint density at radius 1 is 1.44 bits per heavy atom. The predicted molar refractivity (Wildman–Crippen MR) is 61.8 cm³/mol. The summed E-state index contributed by atoms with van der Waals surface area (Å²) in [5.41, 5.74) is 1.81. The van der Waals surface area contributed by atoms with Crippen LogP contribution in [0.15, 0.2) is 24.3 Å². The average molecular weight is 216 g/mol. The summed E-state index contributed by atoms with van der Waals surface area (Å²) in [6, 6.07) is 9.89. The van der Waals surface area contributed by atoms with Crippen LogP contribution in [-0.4, -0.2) is 19.3 Å². The standard InChI is InChI=1S/C13H16N2O/c14-8-11-4-1-2-5-12(11)9-15-10-13-6-3-7-16-13/h1-2,4-5,13,15H,3,6-7,9-10H2. The summed E-state index contributed by atoms with van der Waals surface area (Å²) in [5, 5.41) is 12.3. The number of ether oxygens (including phenoxy) is 1. The zero-order chi connectivity index (χ0) is 11.2. The minimum atomic E-state index is 0.356. The van der Waals surface area contributed by atoms with Gasteiger partial charge in [-0.05, 0) is 24.5 Å². The van der Waals surface area contributed by atoms with E-state index in [9.17, 15) is 0 Å². The Morgan fingerprint density at radius 2 is 2.31 bits per heavy atom. The minimum Gasteiger partial charge on any atom is -0.377 e. The van der Waals surface area contributed by atoms with E-state index in [1.807, 2.05) is 24.3 Å². The van der Waals surface area contributed by atoms with Crippen LogP contribution in [0.4, 0.5) is 0 Å². The molecule has 3 heteroatoms. The lowest BCUT2D eigenvalue weighted by Gasteiger charge is -2.11. The van der Waals surface area contributed by atoms with E-state index in [2.05, 4.69) is 11.4 Å². The van der Waals surface area contributed by atoms with E-state index < -0.39 is 0 Å². The summed E-state index contributed by atoms with van der Waals surface area (Å²) < 4.78 is 5.52. The molecule has 1 atom stereocenters. The first-order valence-electron chi connectivity index (χ1n) is 5.70. The summed E-state index contributed by atoms with van der Waals surface area (Å²) >= 11 is 0. The second kappa shape index (κ2) is 5.64. The fraction of sp³-hybridized carbons (Fsp3) is 0.462. The topological polar surface area (TPSA) is 45.0 Å². The van der Waals surface area contributed by atoms with Gasteiger partial charge in [0.05, 0.1) is 17.7 Å². The van der Waals surface area contributed by atoms with E-state index >= 15 is 0 Å². The summed E-state index contributed by atoms with van der Waals surface area (Å²) in [7, 11) is 0. The van der Waals surface area contributed by atoms with Gasteiger partial charge in [-0.15, -0.1) is 0 Å². The van der Waals surface area contributed by atoms with Gasteiger partial charge in [-0.1, -0.05) is 18.2 Å². The molecule has 2 rings (SSSR count). The van der Waals surface area contributed by atoms with Crippen LogP contribution in [0.3, 0.4) is 0 Å². The molecule has 1 fully saturated rings. The van der Waals surface area contributed by atoms with Crippen LogP contribution in [0.1, 0.15) is 24.0 Å². The van der Waals surface area contributed by atoms with Crippen molar-refractivity contribution in [1.82, 2.24) is 5.32 Å². The van der Waals surface area contributed by atoms with Gasteiger partial charge in [0.1, 0.15) is 0 Å². The maximum Gasteiger partial charge on any atom is 0.0995 e. The van der Waals surface area contributed by atoms with Crippen molar-refractivity contribution >= 4 is 0 Å². The van der Waals surface area contributed by atoms with Crippen LogP contribution in [-0.2, 0) is 11.3 Å². The predicted octanol–water partition coefficient (Wildman–Crippen LogP) is 1.83. The lowest BCUT2D eigenvalue weighted by Crippen LogP contribution is -2.26. The van der Waals surface area contributed by atoms with E-state index in [0.29, 0.717) is 6.10 Å². The van der Waals surface area contributed by atoms with Gasteiger partial charge in [-0.2, -0.15) is 5.26 Å². The van der Waals surface area contributed by atoms with E-state index in [1.54, 1.807) is 0 Å². The third-order valence-electron chi connectivity index (χ3n) is 2.85. The van der Waals surface area contributed by atoms with Gasteiger partial charge >= 0.3 is 0 Å². The fourth-order valence-corrected chi connectivity index (χ4v) is 1.96. The SMILES string of the molecule is N#Cc1ccccc1CNCC1CCCO1. The van der Waals surface area contributed by atoms with Crippen LogP contribution < -0.4 is 5.32 Å². The first-order valence-corrected chi connectivity index (χ1v) is 5.70. The molecule has 1 unspecified atom stereocenters. The molecule has 1 heterocycles. The van der Waals surface area contributed by atoms with Gasteiger partial charge in [0.15, 0.2) is 0 Å². The van der Waals surface area contributed by atoms with Crippen LogP contribution >= 0.6 is 0 Å². The number of benzene rings is 1. The smallest absolute Gasteiger partial charge is 0.0995 e. The molecule has 1 N–H and O–H groups in total. The molecule has 1 aromatic carbocycles. The molecular weight excluding hydrogens is 200 g/mol. The molecule has 84 valence electrons. The van der Waals surface area contributed by atoms with E-state index in [-0.39, 0.29) is 0 Å². The Morgan fingerprint density at radius 3 is 3.06 bits per heavy atom. The number of nitrogens with zero attached hydrogens (tertiary/aromatic N) is 1. The van der Waals surface area contributed by atoms with Crippen LogP contribution in [0.25, 0.3) is 0 Å². The highest BCUT2D eigenvalue weighted by Crippen LogP contribution is 2.11. The second-order valence-corrected chi connectivity index (χ2v) is 4.03. The number of hydrogen-bond acceptors (Lipinski definition) is 3. The fourth-order valence-electron chi connectivity index (χ4n) is 1.96. The summed E-state index contributed by atoms with van der Waals surface area (Å²) in [4.78, 5) is 0. The Hall–Kier alpha value is -1.37. The van der Waals surface area contributed by atoms with Crippen molar-refractivity contribution in [3.63, 3.8) is 0 Å². The van der Waals surface area contributed by atoms with Crippen molar-refractivity contribution < 1.29 is 4.74 Å². The van der Waals surface area contributed by atoms with Crippen molar-refractivity contribution in [2.45, 2.75) is 25.5 Å².